The predicted molar refractivity (Wildman–Crippen MR) is 105 cm³/mol. The number of H-pyrrole nitrogens is 1. The number of ether oxygens (including phenoxy) is 1. The van der Waals surface area contributed by atoms with Crippen molar-refractivity contribution < 1.29 is 9.84 Å². The molecule has 1 aromatic carbocycles. The zero-order valence-corrected chi connectivity index (χ0v) is 14.5. The molecule has 0 radical (unpaired) electrons. The standard InChI is InChI=1S/C21H22N2O2/c1-6-8-19(16(4)25-5)20-13-23-21(15(20)3)22-12-14(2)17-9-7-10-18(24)11-17/h6-13,23-24H,1-2,4H2,3,5H3/b19-8+,22-12-. The van der Waals surface area contributed by atoms with E-state index in [1.54, 1.807) is 37.6 Å². The summed E-state index contributed by atoms with van der Waals surface area (Å²) >= 11 is 0. The molecule has 1 heterocycles. The molecular weight excluding hydrogens is 312 g/mol. The average Bonchev–Trinajstić information content (AvgIpc) is 2.97. The first-order chi connectivity index (χ1) is 12.0. The highest BCUT2D eigenvalue weighted by molar-refractivity contribution is 6.09. The highest BCUT2D eigenvalue weighted by Gasteiger charge is 2.13. The van der Waals surface area contributed by atoms with Crippen LogP contribution in [0.4, 0.5) is 5.82 Å². The van der Waals surface area contributed by atoms with Gasteiger partial charge in [-0.05, 0) is 30.2 Å². The van der Waals surface area contributed by atoms with Crippen LogP contribution in [-0.2, 0) is 4.74 Å². The van der Waals surface area contributed by atoms with Gasteiger partial charge in [0.05, 0.1) is 7.11 Å². The number of hydrogen-bond donors (Lipinski definition) is 2. The van der Waals surface area contributed by atoms with Gasteiger partial charge in [0.2, 0.25) is 0 Å². The third kappa shape index (κ3) is 4.18. The maximum absolute atomic E-state index is 9.56. The summed E-state index contributed by atoms with van der Waals surface area (Å²) in [6.45, 7) is 13.6. The van der Waals surface area contributed by atoms with Crippen molar-refractivity contribution in [1.29, 1.82) is 0 Å². The van der Waals surface area contributed by atoms with Gasteiger partial charge in [0.25, 0.3) is 0 Å². The number of aliphatic imine (C=N–C) groups is 1. The fraction of sp³-hybridized carbons (Fsp3) is 0.0952. The molecule has 0 fully saturated rings. The molecule has 2 rings (SSSR count). The molecule has 0 aliphatic heterocycles. The van der Waals surface area contributed by atoms with Gasteiger partial charge in [-0.3, -0.25) is 0 Å². The zero-order valence-electron chi connectivity index (χ0n) is 14.5. The SMILES string of the molecule is C=C/C=C(\C(=C)OC)c1c[nH]c(/N=C\C(=C)c2cccc(O)c2)c1C. The molecule has 1 aromatic heterocycles. The molecule has 25 heavy (non-hydrogen) atoms. The van der Waals surface area contributed by atoms with Gasteiger partial charge < -0.3 is 14.8 Å². The maximum atomic E-state index is 9.56. The highest BCUT2D eigenvalue weighted by Crippen LogP contribution is 2.31. The lowest BCUT2D eigenvalue weighted by Gasteiger charge is -2.08. The minimum atomic E-state index is 0.197. The van der Waals surface area contributed by atoms with Gasteiger partial charge in [-0.1, -0.05) is 44.0 Å². The quantitative estimate of drug-likeness (QED) is 0.417. The van der Waals surface area contributed by atoms with Crippen molar-refractivity contribution in [1.82, 2.24) is 4.98 Å². The van der Waals surface area contributed by atoms with Crippen LogP contribution in [0.15, 0.2) is 73.1 Å². The van der Waals surface area contributed by atoms with Crippen LogP contribution >= 0.6 is 0 Å². The van der Waals surface area contributed by atoms with E-state index < -0.39 is 0 Å². The predicted octanol–water partition coefficient (Wildman–Crippen LogP) is 5.17. The summed E-state index contributed by atoms with van der Waals surface area (Å²) < 4.78 is 5.25. The molecule has 2 aromatic rings. The second-order valence-electron chi connectivity index (χ2n) is 5.45. The van der Waals surface area contributed by atoms with Crippen molar-refractivity contribution in [3.8, 4) is 5.75 Å². The minimum absolute atomic E-state index is 0.197. The monoisotopic (exact) mass is 334 g/mol. The molecule has 0 bridgehead atoms. The van der Waals surface area contributed by atoms with E-state index in [9.17, 15) is 5.11 Å². The third-order valence-electron chi connectivity index (χ3n) is 3.80. The molecule has 0 aliphatic rings. The van der Waals surface area contributed by atoms with Crippen LogP contribution < -0.4 is 0 Å². The first-order valence-corrected chi connectivity index (χ1v) is 7.74. The van der Waals surface area contributed by atoms with Crippen molar-refractivity contribution in [2.24, 2.45) is 4.99 Å². The number of nitrogens with one attached hydrogen (secondary N) is 1. The average molecular weight is 334 g/mol. The van der Waals surface area contributed by atoms with E-state index in [1.165, 1.54) is 0 Å². The Kier molecular flexibility index (Phi) is 5.79. The Morgan fingerprint density at radius 1 is 1.32 bits per heavy atom. The van der Waals surface area contributed by atoms with E-state index in [2.05, 4.69) is 29.7 Å². The lowest BCUT2D eigenvalue weighted by Crippen LogP contribution is -1.91. The number of hydrogen-bond acceptors (Lipinski definition) is 3. The summed E-state index contributed by atoms with van der Waals surface area (Å²) in [4.78, 5) is 7.62. The number of aromatic amines is 1. The number of benzene rings is 1. The number of rotatable bonds is 7. The van der Waals surface area contributed by atoms with E-state index in [1.807, 2.05) is 25.3 Å². The van der Waals surface area contributed by atoms with Gasteiger partial charge in [0.15, 0.2) is 0 Å². The first-order valence-electron chi connectivity index (χ1n) is 7.74. The summed E-state index contributed by atoms with van der Waals surface area (Å²) in [5.74, 6) is 1.47. The third-order valence-corrected chi connectivity index (χ3v) is 3.80. The Morgan fingerprint density at radius 2 is 2.08 bits per heavy atom. The maximum Gasteiger partial charge on any atom is 0.133 e. The largest absolute Gasteiger partial charge is 0.508 e. The van der Waals surface area contributed by atoms with E-state index >= 15 is 0 Å². The molecule has 0 saturated heterocycles. The van der Waals surface area contributed by atoms with Crippen molar-refractivity contribution in [2.45, 2.75) is 6.92 Å². The van der Waals surface area contributed by atoms with Crippen LogP contribution in [0.25, 0.3) is 11.1 Å². The van der Waals surface area contributed by atoms with Crippen LogP contribution in [0, 0.1) is 6.92 Å². The first kappa shape index (κ1) is 18.1. The fourth-order valence-corrected chi connectivity index (χ4v) is 2.38. The Labute approximate surface area is 148 Å². The summed E-state index contributed by atoms with van der Waals surface area (Å²) in [6.07, 6.45) is 7.07. The number of nitrogens with zero attached hydrogens (tertiary/aromatic N) is 1. The molecule has 4 heteroatoms. The fourth-order valence-electron chi connectivity index (χ4n) is 2.38. The van der Waals surface area contributed by atoms with E-state index in [0.29, 0.717) is 11.3 Å². The van der Waals surface area contributed by atoms with Gasteiger partial charge in [-0.15, -0.1) is 0 Å². The topological polar surface area (TPSA) is 57.6 Å². The second kappa shape index (κ2) is 8.02. The lowest BCUT2D eigenvalue weighted by atomic mass is 10.0. The molecule has 0 amide bonds. The minimum Gasteiger partial charge on any atom is -0.508 e. The van der Waals surface area contributed by atoms with Gasteiger partial charge in [-0.2, -0.15) is 0 Å². The number of aromatic nitrogens is 1. The van der Waals surface area contributed by atoms with Gasteiger partial charge >= 0.3 is 0 Å². The molecule has 128 valence electrons. The highest BCUT2D eigenvalue weighted by atomic mass is 16.5. The summed E-state index contributed by atoms with van der Waals surface area (Å²) in [6, 6.07) is 6.90. The van der Waals surface area contributed by atoms with Crippen LogP contribution in [0.5, 0.6) is 5.75 Å². The van der Waals surface area contributed by atoms with Crippen molar-refractivity contribution in [2.75, 3.05) is 7.11 Å². The Balaban J connectivity index is 2.29. The summed E-state index contributed by atoms with van der Waals surface area (Å²) in [5.41, 5.74) is 4.27. The molecule has 0 aliphatic carbocycles. The molecule has 0 unspecified atom stereocenters. The lowest BCUT2D eigenvalue weighted by molar-refractivity contribution is 0.313. The zero-order chi connectivity index (χ0) is 18.4. The normalized spacial score (nSPS) is 11.5. The van der Waals surface area contributed by atoms with Gasteiger partial charge in [0.1, 0.15) is 17.3 Å². The molecular formula is C21H22N2O2. The van der Waals surface area contributed by atoms with Crippen molar-refractivity contribution in [3.05, 3.63) is 84.8 Å². The van der Waals surface area contributed by atoms with E-state index in [4.69, 9.17) is 4.74 Å². The van der Waals surface area contributed by atoms with Crippen LogP contribution in [0.1, 0.15) is 16.7 Å². The smallest absolute Gasteiger partial charge is 0.133 e. The summed E-state index contributed by atoms with van der Waals surface area (Å²) in [5, 5.41) is 9.56. The molecule has 4 nitrogen and oxygen atoms in total. The number of phenolic OH excluding ortho intramolecular Hbond substituents is 1. The second-order valence-corrected chi connectivity index (χ2v) is 5.45. The number of methoxy groups -OCH3 is 1. The Hall–Kier alpha value is -3.27. The molecule has 0 atom stereocenters. The van der Waals surface area contributed by atoms with Crippen LogP contribution in [0.3, 0.4) is 0 Å². The number of phenols is 1. The van der Waals surface area contributed by atoms with Gasteiger partial charge in [-0.25, -0.2) is 4.99 Å². The van der Waals surface area contributed by atoms with Crippen LogP contribution in [-0.4, -0.2) is 23.4 Å². The van der Waals surface area contributed by atoms with Crippen LogP contribution in [0.2, 0.25) is 0 Å². The Bertz CT molecular complexity index is 870. The molecule has 0 saturated carbocycles. The van der Waals surface area contributed by atoms with E-state index in [-0.39, 0.29) is 5.75 Å². The van der Waals surface area contributed by atoms with E-state index in [0.717, 1.165) is 28.1 Å². The number of allylic oxidation sites excluding steroid dienone is 4. The van der Waals surface area contributed by atoms with Gasteiger partial charge in [0, 0.05) is 29.1 Å². The van der Waals surface area contributed by atoms with Crippen molar-refractivity contribution in [3.63, 3.8) is 0 Å². The Morgan fingerprint density at radius 3 is 2.72 bits per heavy atom. The molecule has 0 spiro atoms. The molecule has 2 N–H and O–H groups in total. The summed E-state index contributed by atoms with van der Waals surface area (Å²) in [7, 11) is 1.58. The van der Waals surface area contributed by atoms with Crippen molar-refractivity contribution >= 4 is 23.2 Å². The number of aromatic hydroxyl groups is 1.